The van der Waals surface area contributed by atoms with Gasteiger partial charge in [-0.15, -0.1) is 0 Å². The van der Waals surface area contributed by atoms with Crippen molar-refractivity contribution in [3.05, 3.63) is 41.6 Å². The second kappa shape index (κ2) is 7.21. The maximum atomic E-state index is 12.3. The molecule has 1 heterocycles. The molecule has 7 heteroatoms. The molecule has 124 valence electrons. The van der Waals surface area contributed by atoms with Crippen LogP contribution in [0.25, 0.3) is 0 Å². The van der Waals surface area contributed by atoms with Crippen molar-refractivity contribution >= 4 is 11.6 Å². The van der Waals surface area contributed by atoms with Gasteiger partial charge in [0.25, 0.3) is 5.91 Å². The van der Waals surface area contributed by atoms with Gasteiger partial charge in [0.15, 0.2) is 5.69 Å². The Morgan fingerprint density at radius 3 is 2.70 bits per heavy atom. The molecule has 0 saturated heterocycles. The monoisotopic (exact) mass is 323 g/mol. The molecule has 1 aromatic heterocycles. The number of benzene rings is 1. The molecule has 1 N–H and O–H groups in total. The smallest absolute Gasteiger partial charge is 0.388 e. The van der Waals surface area contributed by atoms with E-state index in [2.05, 4.69) is 29.0 Å². The number of carbonyl (C=O) groups is 1. The molecular weight excluding hydrogens is 304 g/mol. The summed E-state index contributed by atoms with van der Waals surface area (Å²) in [6.45, 7) is 1.21. The maximum Gasteiger partial charge on any atom is 0.388 e. The number of halogens is 2. The van der Waals surface area contributed by atoms with Crippen molar-refractivity contribution in [2.45, 2.75) is 26.9 Å². The van der Waals surface area contributed by atoms with Crippen LogP contribution in [0.5, 0.6) is 5.88 Å². The minimum absolute atomic E-state index is 0.0162. The Bertz CT molecular complexity index is 684. The van der Waals surface area contributed by atoms with Gasteiger partial charge in [0.2, 0.25) is 5.88 Å². The number of alkyl halides is 2. The summed E-state index contributed by atoms with van der Waals surface area (Å²) < 4.78 is 29.9. The normalized spacial score (nSPS) is 11.1. The molecule has 0 aliphatic rings. The van der Waals surface area contributed by atoms with Crippen LogP contribution in [0.3, 0.4) is 0 Å². The molecule has 0 aliphatic carbocycles. The van der Waals surface area contributed by atoms with E-state index in [1.807, 2.05) is 18.2 Å². The first kappa shape index (κ1) is 16.9. The Morgan fingerprint density at radius 2 is 2.04 bits per heavy atom. The number of amides is 1. The molecule has 2 aromatic rings. The average Bonchev–Trinajstić information content (AvgIpc) is 2.81. The number of ether oxygens (including phenoxy) is 1. The van der Waals surface area contributed by atoms with Crippen LogP contribution in [0.15, 0.2) is 30.3 Å². The van der Waals surface area contributed by atoms with Gasteiger partial charge in [-0.05, 0) is 24.0 Å². The Labute approximate surface area is 133 Å². The minimum Gasteiger partial charge on any atom is -0.417 e. The third-order valence-electron chi connectivity index (χ3n) is 3.17. The van der Waals surface area contributed by atoms with E-state index in [9.17, 15) is 13.6 Å². The summed E-state index contributed by atoms with van der Waals surface area (Å²) in [5.41, 5.74) is 1.71. The topological polar surface area (TPSA) is 56.1 Å². The molecule has 0 radical (unpaired) electrons. The fraction of sp³-hybridized carbons (Fsp3) is 0.375. The van der Waals surface area contributed by atoms with Gasteiger partial charge in [-0.2, -0.15) is 13.9 Å². The molecule has 0 bridgehead atoms. The molecule has 0 saturated carbocycles. The predicted molar refractivity (Wildman–Crippen MR) is 82.8 cm³/mol. The van der Waals surface area contributed by atoms with E-state index in [-0.39, 0.29) is 11.6 Å². The van der Waals surface area contributed by atoms with Crippen molar-refractivity contribution in [1.82, 2.24) is 9.78 Å². The number of rotatable bonds is 6. The number of nitrogens with one attached hydrogen (secondary N) is 1. The van der Waals surface area contributed by atoms with Crippen molar-refractivity contribution in [1.29, 1.82) is 0 Å². The summed E-state index contributed by atoms with van der Waals surface area (Å²) in [5, 5.41) is 6.66. The molecule has 23 heavy (non-hydrogen) atoms. The summed E-state index contributed by atoms with van der Waals surface area (Å²) in [6, 6.07) is 8.66. The quantitative estimate of drug-likeness (QED) is 0.885. The van der Waals surface area contributed by atoms with Crippen molar-refractivity contribution in [3.63, 3.8) is 0 Å². The van der Waals surface area contributed by atoms with Gasteiger partial charge in [-0.1, -0.05) is 32.0 Å². The maximum absolute atomic E-state index is 12.3. The second-order valence-corrected chi connectivity index (χ2v) is 5.58. The lowest BCUT2D eigenvalue weighted by atomic mass is 10.0. The highest BCUT2D eigenvalue weighted by molar-refractivity contribution is 6.03. The molecule has 2 rings (SSSR count). The van der Waals surface area contributed by atoms with Gasteiger partial charge in [0.05, 0.1) is 0 Å². The van der Waals surface area contributed by atoms with Crippen LogP contribution in [0.1, 0.15) is 29.9 Å². The van der Waals surface area contributed by atoms with Gasteiger partial charge in [0, 0.05) is 18.8 Å². The molecule has 0 fully saturated rings. The minimum atomic E-state index is -2.96. The largest absolute Gasteiger partial charge is 0.417 e. The Hall–Kier alpha value is -2.44. The summed E-state index contributed by atoms with van der Waals surface area (Å²) in [7, 11) is 1.43. The van der Waals surface area contributed by atoms with Crippen molar-refractivity contribution in [2.24, 2.45) is 13.0 Å². The molecule has 0 spiro atoms. The summed E-state index contributed by atoms with van der Waals surface area (Å²) in [5.74, 6) is -0.199. The van der Waals surface area contributed by atoms with E-state index in [1.54, 1.807) is 6.07 Å². The molecule has 0 atom stereocenters. The van der Waals surface area contributed by atoms with E-state index in [0.717, 1.165) is 16.7 Å². The molecule has 0 aliphatic heterocycles. The highest BCUT2D eigenvalue weighted by Crippen LogP contribution is 2.21. The second-order valence-electron chi connectivity index (χ2n) is 5.58. The van der Waals surface area contributed by atoms with Gasteiger partial charge in [-0.25, -0.2) is 4.68 Å². The molecular formula is C16H19F2N3O2. The van der Waals surface area contributed by atoms with Crippen molar-refractivity contribution in [3.8, 4) is 5.88 Å². The molecule has 1 aromatic carbocycles. The lowest BCUT2D eigenvalue weighted by Gasteiger charge is -2.11. The van der Waals surface area contributed by atoms with Gasteiger partial charge in [-0.3, -0.25) is 4.79 Å². The molecule has 1 amide bonds. The van der Waals surface area contributed by atoms with E-state index >= 15 is 0 Å². The zero-order valence-corrected chi connectivity index (χ0v) is 13.2. The van der Waals surface area contributed by atoms with Gasteiger partial charge >= 0.3 is 6.61 Å². The number of carbonyl (C=O) groups excluding carboxylic acids is 1. The lowest BCUT2D eigenvalue weighted by molar-refractivity contribution is -0.0553. The lowest BCUT2D eigenvalue weighted by Crippen LogP contribution is -2.14. The van der Waals surface area contributed by atoms with Crippen LogP contribution < -0.4 is 10.1 Å². The number of para-hydroxylation sites is 1. The third-order valence-corrected chi connectivity index (χ3v) is 3.17. The van der Waals surface area contributed by atoms with Crippen LogP contribution in [0.4, 0.5) is 14.5 Å². The van der Waals surface area contributed by atoms with Crippen LogP contribution in [-0.2, 0) is 13.5 Å². The first-order valence-electron chi connectivity index (χ1n) is 7.25. The number of aryl methyl sites for hydroxylation is 1. The zero-order valence-electron chi connectivity index (χ0n) is 13.2. The number of hydrogen-bond donors (Lipinski definition) is 1. The van der Waals surface area contributed by atoms with Crippen molar-refractivity contribution < 1.29 is 18.3 Å². The van der Waals surface area contributed by atoms with Gasteiger partial charge in [0.1, 0.15) is 0 Å². The number of hydrogen-bond acceptors (Lipinski definition) is 3. The van der Waals surface area contributed by atoms with Crippen LogP contribution in [0.2, 0.25) is 0 Å². The van der Waals surface area contributed by atoms with E-state index in [4.69, 9.17) is 0 Å². The first-order valence-corrected chi connectivity index (χ1v) is 7.25. The van der Waals surface area contributed by atoms with E-state index < -0.39 is 12.5 Å². The Morgan fingerprint density at radius 1 is 1.35 bits per heavy atom. The van der Waals surface area contributed by atoms with E-state index in [0.29, 0.717) is 11.6 Å². The number of aromatic nitrogens is 2. The average molecular weight is 323 g/mol. The van der Waals surface area contributed by atoms with Crippen LogP contribution in [0, 0.1) is 5.92 Å². The highest BCUT2D eigenvalue weighted by atomic mass is 19.3. The van der Waals surface area contributed by atoms with Crippen LogP contribution >= 0.6 is 0 Å². The standard InChI is InChI=1S/C16H19F2N3O2/c1-10(2)8-11-6-4-5-7-12(11)19-15(22)13-9-14(21(3)20-13)23-16(17)18/h4-7,9-10,16H,8H2,1-3H3,(H,19,22). The SMILES string of the molecule is CC(C)Cc1ccccc1NC(=O)c1cc(OC(F)F)n(C)n1. The van der Waals surface area contributed by atoms with Crippen molar-refractivity contribution in [2.75, 3.05) is 5.32 Å². The van der Waals surface area contributed by atoms with E-state index in [1.165, 1.54) is 13.1 Å². The Kier molecular flexibility index (Phi) is 5.31. The summed E-state index contributed by atoms with van der Waals surface area (Å²) in [6.07, 6.45) is 0.818. The summed E-state index contributed by atoms with van der Waals surface area (Å²) >= 11 is 0. The number of nitrogens with zero attached hydrogens (tertiary/aromatic N) is 2. The third kappa shape index (κ3) is 4.51. The Balaban J connectivity index is 2.16. The van der Waals surface area contributed by atoms with Gasteiger partial charge < -0.3 is 10.1 Å². The zero-order chi connectivity index (χ0) is 17.0. The molecule has 0 unspecified atom stereocenters. The summed E-state index contributed by atoms with van der Waals surface area (Å²) in [4.78, 5) is 12.3. The highest BCUT2D eigenvalue weighted by Gasteiger charge is 2.17. The predicted octanol–water partition coefficient (Wildman–Crippen LogP) is 3.47. The fourth-order valence-electron chi connectivity index (χ4n) is 2.21. The fourth-order valence-corrected chi connectivity index (χ4v) is 2.21. The number of anilines is 1. The first-order chi connectivity index (χ1) is 10.9. The molecule has 5 nitrogen and oxygen atoms in total. The van der Waals surface area contributed by atoms with Crippen LogP contribution in [-0.4, -0.2) is 22.3 Å².